The highest BCUT2D eigenvalue weighted by molar-refractivity contribution is 7.96. The number of hydrogen-bond acceptors (Lipinski definition) is 8. The molecule has 9 nitrogen and oxygen atoms in total. The molecule has 200 valence electrons. The Hall–Kier alpha value is -2.92. The molecule has 0 saturated heterocycles. The van der Waals surface area contributed by atoms with Crippen LogP contribution in [0.25, 0.3) is 0 Å². The second kappa shape index (κ2) is 10.00. The van der Waals surface area contributed by atoms with Gasteiger partial charge in [-0.05, 0) is 44.2 Å². The van der Waals surface area contributed by atoms with Crippen LogP contribution in [0.5, 0.6) is 0 Å². The van der Waals surface area contributed by atoms with Crippen LogP contribution in [0, 0.1) is 13.8 Å². The Morgan fingerprint density at radius 1 is 0.763 bits per heavy atom. The van der Waals surface area contributed by atoms with Crippen LogP contribution in [-0.4, -0.2) is 36.8 Å². The molecule has 1 N–H and O–H groups in total. The molecule has 4 rings (SSSR count). The molecular formula is C26H26NO8PS2. The van der Waals surface area contributed by atoms with Crippen molar-refractivity contribution in [2.75, 3.05) is 14.2 Å². The molecule has 0 fully saturated rings. The lowest BCUT2D eigenvalue weighted by Gasteiger charge is -2.39. The van der Waals surface area contributed by atoms with E-state index in [9.17, 15) is 26.2 Å². The van der Waals surface area contributed by atoms with Crippen molar-refractivity contribution in [2.45, 2.75) is 28.9 Å². The van der Waals surface area contributed by atoms with Crippen molar-refractivity contribution < 1.29 is 35.2 Å². The molecular weight excluding hydrogens is 549 g/mol. The standard InChI is InChI=1S/C26H26NO8PS2/c1-18-9-13-20(14-10-18)37(30,31)24-17-26(36(29,34-3)35-4,23-8-6-5-7-22(23)25(24)28)27-38(32,33)21-15-11-19(2)12-16-21/h5-17,27H,1-4H3. The number of rotatable bonds is 8. The Bertz CT molecular complexity index is 1690. The summed E-state index contributed by atoms with van der Waals surface area (Å²) in [6.45, 7) is 3.55. The van der Waals surface area contributed by atoms with E-state index in [1.54, 1.807) is 38.1 Å². The number of sulfone groups is 1. The molecule has 38 heavy (non-hydrogen) atoms. The first-order valence-electron chi connectivity index (χ1n) is 11.3. The van der Waals surface area contributed by atoms with E-state index in [1.807, 2.05) is 0 Å². The summed E-state index contributed by atoms with van der Waals surface area (Å²) in [6.07, 6.45) is 0.840. The third-order valence-electron chi connectivity index (χ3n) is 6.30. The van der Waals surface area contributed by atoms with E-state index in [2.05, 4.69) is 4.72 Å². The molecule has 0 spiro atoms. The van der Waals surface area contributed by atoms with Gasteiger partial charge in [0.2, 0.25) is 25.6 Å². The molecule has 1 aliphatic rings. The monoisotopic (exact) mass is 575 g/mol. The summed E-state index contributed by atoms with van der Waals surface area (Å²) < 4.78 is 81.9. The zero-order valence-electron chi connectivity index (χ0n) is 21.0. The van der Waals surface area contributed by atoms with Gasteiger partial charge in [-0.2, -0.15) is 4.72 Å². The minimum Gasteiger partial charge on any atom is -0.310 e. The summed E-state index contributed by atoms with van der Waals surface area (Å²) in [7, 11) is -11.4. The van der Waals surface area contributed by atoms with Crippen LogP contribution < -0.4 is 4.72 Å². The fourth-order valence-corrected chi connectivity index (χ4v) is 9.26. The second-order valence-electron chi connectivity index (χ2n) is 8.75. The number of fused-ring (bicyclic) bond motifs is 1. The van der Waals surface area contributed by atoms with Gasteiger partial charge in [-0.25, -0.2) is 16.8 Å². The Balaban J connectivity index is 2.07. The zero-order valence-corrected chi connectivity index (χ0v) is 23.6. The number of hydrogen-bond donors (Lipinski definition) is 1. The SMILES string of the molecule is COP(=O)(OC)C1(NS(=O)(=O)c2ccc(C)cc2)C=C(S(=O)(=O)c2ccc(C)cc2)C(=O)c2ccccc21. The van der Waals surface area contributed by atoms with Crippen LogP contribution in [0.3, 0.4) is 0 Å². The summed E-state index contributed by atoms with van der Waals surface area (Å²) in [5.41, 5.74) is 1.36. The van der Waals surface area contributed by atoms with Gasteiger partial charge in [-0.1, -0.05) is 59.7 Å². The Morgan fingerprint density at radius 2 is 1.26 bits per heavy atom. The van der Waals surface area contributed by atoms with Gasteiger partial charge in [-0.15, -0.1) is 0 Å². The number of nitrogens with one attached hydrogen (secondary N) is 1. The number of benzene rings is 3. The van der Waals surface area contributed by atoms with Gasteiger partial charge in [0.1, 0.15) is 4.91 Å². The van der Waals surface area contributed by atoms with Gasteiger partial charge in [0.25, 0.3) is 0 Å². The third kappa shape index (κ3) is 4.59. The number of sulfonamides is 1. The maximum absolute atomic E-state index is 14.2. The largest absolute Gasteiger partial charge is 0.359 e. The van der Waals surface area contributed by atoms with Gasteiger partial charge in [0.05, 0.1) is 9.79 Å². The van der Waals surface area contributed by atoms with E-state index in [4.69, 9.17) is 9.05 Å². The Labute approximate surface area is 222 Å². The molecule has 0 saturated carbocycles. The van der Waals surface area contributed by atoms with Crippen LogP contribution in [-0.2, 0) is 38.8 Å². The third-order valence-corrected chi connectivity index (χ3v) is 12.0. The molecule has 0 bridgehead atoms. The van der Waals surface area contributed by atoms with Crippen molar-refractivity contribution in [3.05, 3.63) is 106 Å². The number of allylic oxidation sites excluding steroid dienone is 1. The number of aryl methyl sites for hydroxylation is 2. The summed E-state index contributed by atoms with van der Waals surface area (Å²) in [4.78, 5) is 12.4. The number of carbonyl (C=O) groups excluding carboxylic acids is 1. The smallest absolute Gasteiger partial charge is 0.310 e. The first kappa shape index (κ1) is 28.1. The molecule has 3 aromatic rings. The van der Waals surface area contributed by atoms with Crippen LogP contribution >= 0.6 is 7.60 Å². The maximum Gasteiger partial charge on any atom is 0.359 e. The molecule has 0 amide bonds. The van der Waals surface area contributed by atoms with Crippen molar-refractivity contribution in [1.82, 2.24) is 4.72 Å². The molecule has 0 radical (unpaired) electrons. The quantitative estimate of drug-likeness (QED) is 0.389. The summed E-state index contributed by atoms with van der Waals surface area (Å²) in [6, 6.07) is 17.4. The molecule has 12 heteroatoms. The lowest BCUT2D eigenvalue weighted by atomic mass is 9.92. The summed E-state index contributed by atoms with van der Waals surface area (Å²) in [5.74, 6) is -0.884. The van der Waals surface area contributed by atoms with Crippen molar-refractivity contribution in [3.63, 3.8) is 0 Å². The molecule has 1 aliphatic carbocycles. The Kier molecular flexibility index (Phi) is 7.39. The lowest BCUT2D eigenvalue weighted by Crippen LogP contribution is -2.48. The van der Waals surface area contributed by atoms with Crippen LogP contribution in [0.2, 0.25) is 0 Å². The molecule has 0 heterocycles. The fourth-order valence-electron chi connectivity index (χ4n) is 4.23. The van der Waals surface area contributed by atoms with Gasteiger partial charge in [0, 0.05) is 25.3 Å². The average molecular weight is 576 g/mol. The minimum absolute atomic E-state index is 0.0735. The van der Waals surface area contributed by atoms with Crippen molar-refractivity contribution in [2.24, 2.45) is 0 Å². The van der Waals surface area contributed by atoms with E-state index in [0.717, 1.165) is 31.4 Å². The molecule has 0 aliphatic heterocycles. The highest BCUT2D eigenvalue weighted by Gasteiger charge is 2.58. The number of carbonyl (C=O) groups is 1. The lowest BCUT2D eigenvalue weighted by molar-refractivity contribution is 0.103. The number of Topliss-reactive ketones (excluding diaryl/α,β-unsaturated/α-hetero) is 1. The van der Waals surface area contributed by atoms with Gasteiger partial charge >= 0.3 is 7.60 Å². The van der Waals surface area contributed by atoms with Gasteiger partial charge in [-0.3, -0.25) is 9.36 Å². The van der Waals surface area contributed by atoms with E-state index < -0.39 is 43.4 Å². The molecule has 1 atom stereocenters. The maximum atomic E-state index is 14.2. The van der Waals surface area contributed by atoms with E-state index >= 15 is 0 Å². The predicted octanol–water partition coefficient (Wildman–Crippen LogP) is 4.47. The van der Waals surface area contributed by atoms with E-state index in [-0.39, 0.29) is 20.9 Å². The molecule has 3 aromatic carbocycles. The normalized spacial score (nSPS) is 18.1. The first-order chi connectivity index (χ1) is 17.8. The van der Waals surface area contributed by atoms with Crippen molar-refractivity contribution in [1.29, 1.82) is 0 Å². The molecule has 1 unspecified atom stereocenters. The first-order valence-corrected chi connectivity index (χ1v) is 15.8. The topological polar surface area (TPSA) is 133 Å². The van der Waals surface area contributed by atoms with E-state index in [1.165, 1.54) is 48.5 Å². The highest BCUT2D eigenvalue weighted by atomic mass is 32.2. The van der Waals surface area contributed by atoms with Crippen molar-refractivity contribution >= 4 is 33.2 Å². The fraction of sp³-hybridized carbons (Fsp3) is 0.192. The highest BCUT2D eigenvalue weighted by Crippen LogP contribution is 2.66. The van der Waals surface area contributed by atoms with Crippen LogP contribution in [0.1, 0.15) is 27.0 Å². The zero-order chi connectivity index (χ0) is 27.9. The van der Waals surface area contributed by atoms with Crippen LogP contribution in [0.4, 0.5) is 0 Å². The second-order valence-corrected chi connectivity index (χ2v) is 14.8. The van der Waals surface area contributed by atoms with Gasteiger partial charge < -0.3 is 9.05 Å². The summed E-state index contributed by atoms with van der Waals surface area (Å²) in [5, 5.41) is -2.40. The number of ketones is 1. The van der Waals surface area contributed by atoms with Crippen LogP contribution in [0.15, 0.2) is 93.6 Å². The minimum atomic E-state index is -4.56. The predicted molar refractivity (Wildman–Crippen MR) is 142 cm³/mol. The average Bonchev–Trinajstić information content (AvgIpc) is 2.90. The van der Waals surface area contributed by atoms with Crippen molar-refractivity contribution in [3.8, 4) is 0 Å². The van der Waals surface area contributed by atoms with Gasteiger partial charge in [0.15, 0.2) is 5.28 Å². The Morgan fingerprint density at radius 3 is 1.79 bits per heavy atom. The van der Waals surface area contributed by atoms with E-state index in [0.29, 0.717) is 0 Å². The summed E-state index contributed by atoms with van der Waals surface area (Å²) >= 11 is 0. The molecule has 0 aromatic heterocycles.